The molecule has 0 saturated carbocycles. The number of ether oxygens (including phenoxy) is 2. The van der Waals surface area contributed by atoms with Crippen LogP contribution >= 0.6 is 0 Å². The Hall–Kier alpha value is -1.95. The lowest BCUT2D eigenvalue weighted by atomic mass is 9.95. The highest BCUT2D eigenvalue weighted by Gasteiger charge is 2.81. The Bertz CT molecular complexity index is 544. The van der Waals surface area contributed by atoms with Gasteiger partial charge in [0, 0.05) is 5.56 Å². The van der Waals surface area contributed by atoms with Gasteiger partial charge in [0.25, 0.3) is 0 Å². The van der Waals surface area contributed by atoms with Gasteiger partial charge >= 0.3 is 11.9 Å². The maximum atomic E-state index is 12.9. The molecule has 0 unspecified atom stereocenters. The minimum Gasteiger partial charge on any atom is -0.467 e. The molecular formula is C12H10FNO4. The van der Waals surface area contributed by atoms with E-state index < -0.39 is 29.0 Å². The highest BCUT2D eigenvalue weighted by molar-refractivity contribution is 5.96. The lowest BCUT2D eigenvalue weighted by molar-refractivity contribution is -0.146. The zero-order valence-corrected chi connectivity index (χ0v) is 9.53. The number of methoxy groups -OCH3 is 1. The molecule has 1 N–H and O–H groups in total. The number of esters is 2. The van der Waals surface area contributed by atoms with E-state index in [2.05, 4.69) is 10.1 Å². The van der Waals surface area contributed by atoms with Crippen molar-refractivity contribution in [2.45, 2.75) is 17.7 Å². The number of fused-ring (bicyclic) bond motifs is 1. The molecule has 2 aliphatic rings. The summed E-state index contributed by atoms with van der Waals surface area (Å²) in [6, 6.07) is 5.45. The fourth-order valence-electron chi connectivity index (χ4n) is 2.48. The average Bonchev–Trinajstić information content (AvgIpc) is 2.89. The van der Waals surface area contributed by atoms with E-state index in [1.165, 1.54) is 31.4 Å². The van der Waals surface area contributed by atoms with Crippen molar-refractivity contribution in [3.8, 4) is 0 Å². The standard InChI is InChI=1S/C12H10FNO4/c1-17-10(16)11-6-9(15)18-12(11,14-11)7-2-4-8(13)5-3-7/h2-5,14H,6H2,1H3/t11-,12-/m0/s1. The summed E-state index contributed by atoms with van der Waals surface area (Å²) in [5.41, 5.74) is -1.85. The van der Waals surface area contributed by atoms with Gasteiger partial charge in [-0.25, -0.2) is 9.18 Å². The molecule has 0 spiro atoms. The second-order valence-corrected chi connectivity index (χ2v) is 4.36. The molecule has 0 radical (unpaired) electrons. The molecule has 0 bridgehead atoms. The first-order chi connectivity index (χ1) is 8.54. The summed E-state index contributed by atoms with van der Waals surface area (Å²) < 4.78 is 22.8. The lowest BCUT2D eigenvalue weighted by Gasteiger charge is -2.12. The van der Waals surface area contributed by atoms with Crippen LogP contribution in [0.4, 0.5) is 4.39 Å². The molecule has 18 heavy (non-hydrogen) atoms. The highest BCUT2D eigenvalue weighted by atomic mass is 19.1. The maximum absolute atomic E-state index is 12.9. The van der Waals surface area contributed by atoms with E-state index in [0.29, 0.717) is 5.56 Å². The number of rotatable bonds is 2. The minimum absolute atomic E-state index is 0.0863. The first kappa shape index (κ1) is 11.2. The van der Waals surface area contributed by atoms with E-state index in [-0.39, 0.29) is 6.42 Å². The predicted octanol–water partition coefficient (Wildman–Crippen LogP) is 0.440. The molecule has 0 aliphatic carbocycles. The minimum atomic E-state index is -1.20. The number of benzene rings is 1. The van der Waals surface area contributed by atoms with Gasteiger partial charge in [0.1, 0.15) is 5.82 Å². The quantitative estimate of drug-likeness (QED) is 0.609. The van der Waals surface area contributed by atoms with Crippen LogP contribution in [0.25, 0.3) is 0 Å². The lowest BCUT2D eigenvalue weighted by Crippen LogP contribution is -2.31. The van der Waals surface area contributed by atoms with Crippen LogP contribution in [0.3, 0.4) is 0 Å². The molecule has 2 saturated heterocycles. The van der Waals surface area contributed by atoms with Gasteiger partial charge in [0.2, 0.25) is 5.72 Å². The first-order valence-corrected chi connectivity index (χ1v) is 5.40. The molecule has 0 aromatic heterocycles. The van der Waals surface area contributed by atoms with Crippen LogP contribution in [0, 0.1) is 5.82 Å². The third-order valence-electron chi connectivity index (χ3n) is 3.39. The zero-order valence-electron chi connectivity index (χ0n) is 9.53. The molecule has 0 amide bonds. The molecule has 5 nitrogen and oxygen atoms in total. The molecule has 1 aromatic carbocycles. The van der Waals surface area contributed by atoms with E-state index in [0.717, 1.165) is 0 Å². The van der Waals surface area contributed by atoms with Crippen molar-refractivity contribution in [3.05, 3.63) is 35.6 Å². The van der Waals surface area contributed by atoms with Crippen molar-refractivity contribution >= 4 is 11.9 Å². The summed E-state index contributed by atoms with van der Waals surface area (Å²) in [7, 11) is 1.25. The van der Waals surface area contributed by atoms with Crippen LogP contribution in [-0.4, -0.2) is 24.6 Å². The molecule has 3 rings (SSSR count). The first-order valence-electron chi connectivity index (χ1n) is 5.40. The largest absolute Gasteiger partial charge is 0.467 e. The summed E-state index contributed by atoms with van der Waals surface area (Å²) >= 11 is 0. The smallest absolute Gasteiger partial charge is 0.332 e. The normalized spacial score (nSPS) is 32.7. The molecule has 2 aliphatic heterocycles. The molecule has 2 fully saturated rings. The van der Waals surface area contributed by atoms with Crippen molar-refractivity contribution in [3.63, 3.8) is 0 Å². The highest BCUT2D eigenvalue weighted by Crippen LogP contribution is 2.56. The second-order valence-electron chi connectivity index (χ2n) is 4.36. The van der Waals surface area contributed by atoms with Gasteiger partial charge in [-0.05, 0) is 12.1 Å². The molecule has 6 heteroatoms. The third kappa shape index (κ3) is 1.18. The monoisotopic (exact) mass is 251 g/mol. The van der Waals surface area contributed by atoms with Crippen LogP contribution in [0.5, 0.6) is 0 Å². The Kier molecular flexibility index (Phi) is 2.04. The van der Waals surface area contributed by atoms with Crippen molar-refractivity contribution in [2.75, 3.05) is 7.11 Å². The number of hydrogen-bond acceptors (Lipinski definition) is 5. The number of carbonyl (C=O) groups excluding carboxylic acids is 2. The van der Waals surface area contributed by atoms with Gasteiger partial charge in [-0.3, -0.25) is 10.1 Å². The summed E-state index contributed by atoms with van der Waals surface area (Å²) in [5, 5.41) is 2.87. The summed E-state index contributed by atoms with van der Waals surface area (Å²) in [6.45, 7) is 0. The van der Waals surface area contributed by atoms with E-state index in [9.17, 15) is 14.0 Å². The zero-order chi connectivity index (χ0) is 13.0. The number of carbonyl (C=O) groups is 2. The van der Waals surface area contributed by atoms with Crippen LogP contribution < -0.4 is 5.32 Å². The Morgan fingerprint density at radius 3 is 2.72 bits per heavy atom. The van der Waals surface area contributed by atoms with E-state index in [4.69, 9.17) is 4.74 Å². The Labute approximate surface area is 102 Å². The summed E-state index contributed by atoms with van der Waals surface area (Å²) in [6.07, 6.45) is -0.0863. The second kappa shape index (κ2) is 3.29. The van der Waals surface area contributed by atoms with E-state index >= 15 is 0 Å². The van der Waals surface area contributed by atoms with Gasteiger partial charge in [0.05, 0.1) is 13.5 Å². The molecular weight excluding hydrogens is 241 g/mol. The topological polar surface area (TPSA) is 74.5 Å². The van der Waals surface area contributed by atoms with Crippen molar-refractivity contribution in [1.29, 1.82) is 0 Å². The predicted molar refractivity (Wildman–Crippen MR) is 56.7 cm³/mol. The fraction of sp³-hybridized carbons (Fsp3) is 0.333. The van der Waals surface area contributed by atoms with Crippen molar-refractivity contribution < 1.29 is 23.5 Å². The van der Waals surface area contributed by atoms with Gasteiger partial charge in [-0.15, -0.1) is 0 Å². The fourth-order valence-corrected chi connectivity index (χ4v) is 2.48. The Morgan fingerprint density at radius 1 is 1.44 bits per heavy atom. The van der Waals surface area contributed by atoms with Crippen molar-refractivity contribution in [2.24, 2.45) is 0 Å². The molecule has 2 heterocycles. The van der Waals surface area contributed by atoms with Crippen LogP contribution in [0.1, 0.15) is 12.0 Å². The van der Waals surface area contributed by atoms with Crippen molar-refractivity contribution in [1.82, 2.24) is 5.32 Å². The summed E-state index contributed by atoms with van der Waals surface area (Å²) in [5.74, 6) is -1.44. The molecule has 1 aromatic rings. The number of hydrogen-bond donors (Lipinski definition) is 1. The van der Waals surface area contributed by atoms with E-state index in [1.807, 2.05) is 0 Å². The van der Waals surface area contributed by atoms with Gasteiger partial charge in [-0.1, -0.05) is 12.1 Å². The number of nitrogens with one attached hydrogen (secondary N) is 1. The Morgan fingerprint density at radius 2 is 2.11 bits per heavy atom. The number of halogens is 1. The van der Waals surface area contributed by atoms with Gasteiger partial charge in [0.15, 0.2) is 5.54 Å². The maximum Gasteiger partial charge on any atom is 0.332 e. The van der Waals surface area contributed by atoms with Crippen LogP contribution in [0.2, 0.25) is 0 Å². The molecule has 94 valence electrons. The summed E-state index contributed by atoms with van der Waals surface area (Å²) in [4.78, 5) is 23.2. The Balaban J connectivity index is 2.03. The van der Waals surface area contributed by atoms with Gasteiger partial charge in [-0.2, -0.15) is 0 Å². The van der Waals surface area contributed by atoms with Gasteiger partial charge < -0.3 is 9.47 Å². The van der Waals surface area contributed by atoms with E-state index in [1.54, 1.807) is 0 Å². The van der Waals surface area contributed by atoms with Crippen LogP contribution in [-0.2, 0) is 24.8 Å². The SMILES string of the molecule is COC(=O)[C@@]12CC(=O)O[C@]1(c1ccc(F)cc1)N2. The third-order valence-corrected chi connectivity index (χ3v) is 3.39. The molecule has 2 atom stereocenters. The van der Waals surface area contributed by atoms with Crippen LogP contribution in [0.15, 0.2) is 24.3 Å². The average molecular weight is 251 g/mol.